The molecule has 24 heavy (non-hydrogen) atoms. The van der Waals surface area contributed by atoms with E-state index in [-0.39, 0.29) is 18.6 Å². The molecule has 1 unspecified atom stereocenters. The van der Waals surface area contributed by atoms with Gasteiger partial charge in [0.1, 0.15) is 12.2 Å². The van der Waals surface area contributed by atoms with Crippen LogP contribution in [0.2, 0.25) is 0 Å². The summed E-state index contributed by atoms with van der Waals surface area (Å²) in [6, 6.07) is 0. The molecule has 6 heteroatoms. The molecule has 0 aromatic rings. The second kappa shape index (κ2) is 9.64. The minimum Gasteiger partial charge on any atom is -0.462 e. The third kappa shape index (κ3) is 6.49. The fourth-order valence-electron chi connectivity index (χ4n) is 3.36. The molecule has 0 aromatic heterocycles. The summed E-state index contributed by atoms with van der Waals surface area (Å²) in [5.74, 6) is -1.75. The summed E-state index contributed by atoms with van der Waals surface area (Å²) in [5, 5.41) is 0. The van der Waals surface area contributed by atoms with E-state index in [0.29, 0.717) is 0 Å². The average molecular weight is 340 g/mol. The van der Waals surface area contributed by atoms with E-state index in [1.165, 1.54) is 6.92 Å². The normalized spacial score (nSPS) is 20.9. The number of ether oxygens (including phenoxy) is 3. The number of esters is 3. The number of rotatable bonds is 6. The van der Waals surface area contributed by atoms with E-state index in [9.17, 15) is 14.4 Å². The minimum absolute atomic E-state index is 0.0846. The Morgan fingerprint density at radius 1 is 0.833 bits per heavy atom. The summed E-state index contributed by atoms with van der Waals surface area (Å²) < 4.78 is 15.8. The molecule has 0 N–H and O–H groups in total. The maximum Gasteiger partial charge on any atom is 0.348 e. The van der Waals surface area contributed by atoms with Gasteiger partial charge in [-0.25, -0.2) is 4.79 Å². The Balaban J connectivity index is 1.84. The zero-order valence-corrected chi connectivity index (χ0v) is 14.5. The Morgan fingerprint density at radius 3 is 1.83 bits per heavy atom. The first-order valence-corrected chi connectivity index (χ1v) is 9.12. The van der Waals surface area contributed by atoms with Crippen LogP contribution in [0, 0.1) is 0 Å². The van der Waals surface area contributed by atoms with Gasteiger partial charge in [0.15, 0.2) is 0 Å². The predicted molar refractivity (Wildman–Crippen MR) is 86.1 cm³/mol. The van der Waals surface area contributed by atoms with Crippen molar-refractivity contribution in [2.45, 2.75) is 95.9 Å². The lowest BCUT2D eigenvalue weighted by Gasteiger charge is -2.25. The first kappa shape index (κ1) is 18.7. The maximum atomic E-state index is 12.3. The summed E-state index contributed by atoms with van der Waals surface area (Å²) in [6.07, 6.45) is 8.12. The SMILES string of the molecule is CC(=O)OC(CC(=O)OC1CCCCC1)C(=O)OC1CCCCC1. The second-order valence-corrected chi connectivity index (χ2v) is 6.75. The molecule has 2 aliphatic rings. The Bertz CT molecular complexity index is 435. The van der Waals surface area contributed by atoms with E-state index in [1.807, 2.05) is 0 Å². The monoisotopic (exact) mass is 340 g/mol. The van der Waals surface area contributed by atoms with Gasteiger partial charge >= 0.3 is 17.9 Å². The van der Waals surface area contributed by atoms with Crippen LogP contribution in [0.5, 0.6) is 0 Å². The standard InChI is InChI=1S/C18H28O6/c1-13(19)22-16(18(21)24-15-10-6-3-7-11-15)12-17(20)23-14-8-4-2-5-9-14/h14-16H,2-12H2,1H3. The van der Waals surface area contributed by atoms with Crippen molar-refractivity contribution in [3.63, 3.8) is 0 Å². The molecular weight excluding hydrogens is 312 g/mol. The number of hydrogen-bond acceptors (Lipinski definition) is 6. The lowest BCUT2D eigenvalue weighted by atomic mass is 9.97. The van der Waals surface area contributed by atoms with Gasteiger partial charge in [0, 0.05) is 6.92 Å². The Labute approximate surface area is 143 Å². The van der Waals surface area contributed by atoms with Gasteiger partial charge in [-0.1, -0.05) is 12.8 Å². The lowest BCUT2D eigenvalue weighted by Crippen LogP contribution is -2.35. The Kier molecular flexibility index (Phi) is 7.53. The van der Waals surface area contributed by atoms with E-state index in [2.05, 4.69) is 0 Å². The van der Waals surface area contributed by atoms with Crippen LogP contribution in [0.1, 0.15) is 77.6 Å². The van der Waals surface area contributed by atoms with Crippen molar-refractivity contribution in [1.82, 2.24) is 0 Å². The number of carbonyl (C=O) groups is 3. The van der Waals surface area contributed by atoms with Gasteiger partial charge < -0.3 is 14.2 Å². The number of carbonyl (C=O) groups excluding carboxylic acids is 3. The zero-order chi connectivity index (χ0) is 17.4. The van der Waals surface area contributed by atoms with E-state index in [1.54, 1.807) is 0 Å². The van der Waals surface area contributed by atoms with Crippen molar-refractivity contribution >= 4 is 17.9 Å². The molecule has 0 aliphatic heterocycles. The smallest absolute Gasteiger partial charge is 0.348 e. The quantitative estimate of drug-likeness (QED) is 0.546. The molecule has 2 aliphatic carbocycles. The third-order valence-corrected chi connectivity index (χ3v) is 4.61. The molecule has 2 saturated carbocycles. The third-order valence-electron chi connectivity index (χ3n) is 4.61. The molecule has 6 nitrogen and oxygen atoms in total. The lowest BCUT2D eigenvalue weighted by molar-refractivity contribution is -0.176. The molecule has 0 saturated heterocycles. The molecule has 0 radical (unpaired) electrons. The van der Waals surface area contributed by atoms with Crippen molar-refractivity contribution in [3.05, 3.63) is 0 Å². The van der Waals surface area contributed by atoms with Crippen LogP contribution in [-0.4, -0.2) is 36.2 Å². The van der Waals surface area contributed by atoms with Crippen LogP contribution in [0.4, 0.5) is 0 Å². The highest BCUT2D eigenvalue weighted by molar-refractivity contribution is 5.84. The first-order chi connectivity index (χ1) is 11.5. The van der Waals surface area contributed by atoms with Gasteiger partial charge in [-0.3, -0.25) is 9.59 Å². The Hall–Kier alpha value is -1.59. The van der Waals surface area contributed by atoms with Crippen LogP contribution in [0.3, 0.4) is 0 Å². The van der Waals surface area contributed by atoms with Crippen molar-refractivity contribution < 1.29 is 28.6 Å². The first-order valence-electron chi connectivity index (χ1n) is 9.12. The maximum absolute atomic E-state index is 12.3. The summed E-state index contributed by atoms with van der Waals surface area (Å²) in [5.41, 5.74) is 0. The molecule has 136 valence electrons. The van der Waals surface area contributed by atoms with Crippen LogP contribution in [0.25, 0.3) is 0 Å². The van der Waals surface area contributed by atoms with Gasteiger partial charge in [-0.15, -0.1) is 0 Å². The molecule has 0 aromatic carbocycles. The van der Waals surface area contributed by atoms with E-state index in [4.69, 9.17) is 14.2 Å². The fraction of sp³-hybridized carbons (Fsp3) is 0.833. The summed E-state index contributed by atoms with van der Waals surface area (Å²) >= 11 is 0. The highest BCUT2D eigenvalue weighted by Crippen LogP contribution is 2.23. The van der Waals surface area contributed by atoms with E-state index in [0.717, 1.165) is 64.2 Å². The van der Waals surface area contributed by atoms with Crippen molar-refractivity contribution in [2.75, 3.05) is 0 Å². The van der Waals surface area contributed by atoms with Gasteiger partial charge in [0.05, 0.1) is 6.42 Å². The van der Waals surface area contributed by atoms with E-state index < -0.39 is 24.0 Å². The van der Waals surface area contributed by atoms with Crippen molar-refractivity contribution in [2.24, 2.45) is 0 Å². The van der Waals surface area contributed by atoms with Gasteiger partial charge in [-0.2, -0.15) is 0 Å². The number of hydrogen-bond donors (Lipinski definition) is 0. The molecule has 0 bridgehead atoms. The van der Waals surface area contributed by atoms with Crippen molar-refractivity contribution in [1.29, 1.82) is 0 Å². The minimum atomic E-state index is -1.21. The van der Waals surface area contributed by atoms with E-state index >= 15 is 0 Å². The fourth-order valence-corrected chi connectivity index (χ4v) is 3.36. The topological polar surface area (TPSA) is 78.9 Å². The van der Waals surface area contributed by atoms with Crippen LogP contribution >= 0.6 is 0 Å². The summed E-state index contributed by atoms with van der Waals surface area (Å²) in [4.78, 5) is 35.6. The molecule has 0 amide bonds. The van der Waals surface area contributed by atoms with Crippen LogP contribution < -0.4 is 0 Å². The summed E-state index contributed by atoms with van der Waals surface area (Å²) in [7, 11) is 0. The van der Waals surface area contributed by atoms with Gasteiger partial charge in [0.25, 0.3) is 0 Å². The average Bonchev–Trinajstić information content (AvgIpc) is 2.55. The summed E-state index contributed by atoms with van der Waals surface area (Å²) in [6.45, 7) is 1.22. The highest BCUT2D eigenvalue weighted by atomic mass is 16.6. The zero-order valence-electron chi connectivity index (χ0n) is 14.5. The molecule has 2 rings (SSSR count). The molecule has 1 atom stereocenters. The Morgan fingerprint density at radius 2 is 1.33 bits per heavy atom. The van der Waals surface area contributed by atoms with Crippen LogP contribution in [0.15, 0.2) is 0 Å². The van der Waals surface area contributed by atoms with Crippen molar-refractivity contribution in [3.8, 4) is 0 Å². The largest absolute Gasteiger partial charge is 0.462 e. The van der Waals surface area contributed by atoms with Gasteiger partial charge in [0.2, 0.25) is 6.10 Å². The molecule has 2 fully saturated rings. The second-order valence-electron chi connectivity index (χ2n) is 6.75. The molecule has 0 heterocycles. The molecular formula is C18H28O6. The highest BCUT2D eigenvalue weighted by Gasteiger charge is 2.31. The van der Waals surface area contributed by atoms with Gasteiger partial charge in [-0.05, 0) is 51.4 Å². The molecule has 0 spiro atoms. The van der Waals surface area contributed by atoms with Crippen LogP contribution in [-0.2, 0) is 28.6 Å². The predicted octanol–water partition coefficient (Wildman–Crippen LogP) is 3.06.